The Labute approximate surface area is 107 Å². The number of likely N-dealkylation sites (tertiary alicyclic amines) is 1. The minimum absolute atomic E-state index is 0.111. The van der Waals surface area contributed by atoms with E-state index in [9.17, 15) is 4.79 Å². The van der Waals surface area contributed by atoms with Crippen molar-refractivity contribution in [1.29, 1.82) is 0 Å². The van der Waals surface area contributed by atoms with Gasteiger partial charge in [0, 0.05) is 24.4 Å². The molecule has 0 saturated carbocycles. The number of amides is 1. The Morgan fingerprint density at radius 1 is 1.47 bits per heavy atom. The number of aromatic nitrogens is 1. The minimum Gasteiger partial charge on any atom is -0.337 e. The van der Waals surface area contributed by atoms with E-state index >= 15 is 0 Å². The largest absolute Gasteiger partial charge is 0.337 e. The molecule has 1 aromatic rings. The van der Waals surface area contributed by atoms with Gasteiger partial charge in [0.2, 0.25) is 0 Å². The average Bonchev–Trinajstić information content (AvgIpc) is 2.78. The van der Waals surface area contributed by atoms with E-state index in [4.69, 9.17) is 0 Å². The first-order valence-corrected chi connectivity index (χ1v) is 7.20. The third kappa shape index (κ3) is 2.86. The molecule has 0 radical (unpaired) electrons. The van der Waals surface area contributed by atoms with Gasteiger partial charge < -0.3 is 4.90 Å². The molecule has 0 spiro atoms. The van der Waals surface area contributed by atoms with Gasteiger partial charge in [0.15, 0.2) is 0 Å². The number of thiazole rings is 1. The zero-order chi connectivity index (χ0) is 12.4. The summed E-state index contributed by atoms with van der Waals surface area (Å²) in [5.41, 5.74) is 0.633. The zero-order valence-corrected chi connectivity index (χ0v) is 11.6. The van der Waals surface area contributed by atoms with Crippen molar-refractivity contribution in [3.05, 3.63) is 16.1 Å². The van der Waals surface area contributed by atoms with Crippen LogP contribution in [0.1, 0.15) is 55.0 Å². The number of carbonyl (C=O) groups is 1. The lowest BCUT2D eigenvalue weighted by atomic mass is 9.99. The van der Waals surface area contributed by atoms with Crippen LogP contribution in [0.2, 0.25) is 0 Å². The predicted molar refractivity (Wildman–Crippen MR) is 70.5 cm³/mol. The molecule has 17 heavy (non-hydrogen) atoms. The van der Waals surface area contributed by atoms with Crippen molar-refractivity contribution >= 4 is 17.2 Å². The van der Waals surface area contributed by atoms with Gasteiger partial charge in [-0.05, 0) is 18.8 Å². The summed E-state index contributed by atoms with van der Waals surface area (Å²) in [7, 11) is 0. The van der Waals surface area contributed by atoms with Crippen molar-refractivity contribution in [2.24, 2.45) is 5.92 Å². The fraction of sp³-hybridized carbons (Fsp3) is 0.692. The average molecular weight is 252 g/mol. The van der Waals surface area contributed by atoms with Crippen LogP contribution in [-0.4, -0.2) is 28.9 Å². The molecule has 94 valence electrons. The second-order valence-electron chi connectivity index (χ2n) is 5.20. The first-order valence-electron chi connectivity index (χ1n) is 6.32. The van der Waals surface area contributed by atoms with Gasteiger partial charge in [-0.15, -0.1) is 11.3 Å². The van der Waals surface area contributed by atoms with E-state index in [0.29, 0.717) is 11.6 Å². The summed E-state index contributed by atoms with van der Waals surface area (Å²) in [5.74, 6) is 1.27. The molecular weight excluding hydrogens is 232 g/mol. The van der Waals surface area contributed by atoms with Crippen LogP contribution in [0.4, 0.5) is 0 Å². The van der Waals surface area contributed by atoms with Crippen LogP contribution in [-0.2, 0) is 0 Å². The molecule has 0 atom stereocenters. The molecule has 1 fully saturated rings. The summed E-state index contributed by atoms with van der Waals surface area (Å²) in [5, 5.41) is 2.95. The van der Waals surface area contributed by atoms with E-state index in [0.717, 1.165) is 36.9 Å². The lowest BCUT2D eigenvalue weighted by Crippen LogP contribution is -2.38. The van der Waals surface area contributed by atoms with E-state index in [-0.39, 0.29) is 5.91 Å². The molecule has 1 aliphatic heterocycles. The van der Waals surface area contributed by atoms with E-state index in [2.05, 4.69) is 25.8 Å². The molecule has 0 aliphatic carbocycles. The van der Waals surface area contributed by atoms with Gasteiger partial charge in [0.25, 0.3) is 5.91 Å². The highest BCUT2D eigenvalue weighted by Crippen LogP contribution is 2.22. The maximum Gasteiger partial charge on any atom is 0.273 e. The van der Waals surface area contributed by atoms with E-state index in [1.54, 1.807) is 11.3 Å². The number of hydrogen-bond acceptors (Lipinski definition) is 3. The van der Waals surface area contributed by atoms with E-state index in [1.165, 1.54) is 0 Å². The van der Waals surface area contributed by atoms with Crippen molar-refractivity contribution in [3.8, 4) is 0 Å². The van der Waals surface area contributed by atoms with Crippen LogP contribution >= 0.6 is 11.3 Å². The van der Waals surface area contributed by atoms with Gasteiger partial charge in [0.1, 0.15) is 5.69 Å². The zero-order valence-electron chi connectivity index (χ0n) is 10.8. The summed E-state index contributed by atoms with van der Waals surface area (Å²) in [6.07, 6.45) is 2.24. The van der Waals surface area contributed by atoms with Crippen LogP contribution in [0.5, 0.6) is 0 Å². The van der Waals surface area contributed by atoms with Crippen LogP contribution in [0.15, 0.2) is 5.38 Å². The summed E-state index contributed by atoms with van der Waals surface area (Å²) < 4.78 is 0. The molecule has 1 aliphatic rings. The molecule has 2 rings (SSSR count). The first-order chi connectivity index (χ1) is 8.08. The fourth-order valence-electron chi connectivity index (χ4n) is 2.02. The van der Waals surface area contributed by atoms with Gasteiger partial charge >= 0.3 is 0 Å². The van der Waals surface area contributed by atoms with Crippen molar-refractivity contribution in [2.75, 3.05) is 13.1 Å². The van der Waals surface area contributed by atoms with E-state index in [1.807, 2.05) is 10.3 Å². The molecule has 1 saturated heterocycles. The molecule has 2 heterocycles. The van der Waals surface area contributed by atoms with Gasteiger partial charge in [-0.25, -0.2) is 4.98 Å². The third-order valence-corrected chi connectivity index (χ3v) is 4.45. The predicted octanol–water partition coefficient (Wildman–Crippen LogP) is 3.14. The highest BCUT2D eigenvalue weighted by molar-refractivity contribution is 7.09. The summed E-state index contributed by atoms with van der Waals surface area (Å²) in [4.78, 5) is 18.6. The third-order valence-electron chi connectivity index (χ3n) is 3.31. The fourth-order valence-corrected chi connectivity index (χ4v) is 2.83. The Balaban J connectivity index is 2.03. The molecule has 1 aromatic heterocycles. The molecule has 0 bridgehead atoms. The highest BCUT2D eigenvalue weighted by atomic mass is 32.1. The van der Waals surface area contributed by atoms with Crippen molar-refractivity contribution in [1.82, 2.24) is 9.88 Å². The van der Waals surface area contributed by atoms with Crippen LogP contribution in [0.3, 0.4) is 0 Å². The monoisotopic (exact) mass is 252 g/mol. The highest BCUT2D eigenvalue weighted by Gasteiger charge is 2.23. The normalized spacial score (nSPS) is 17.8. The van der Waals surface area contributed by atoms with Gasteiger partial charge in [-0.3, -0.25) is 4.79 Å². The number of carbonyl (C=O) groups excluding carboxylic acids is 1. The van der Waals surface area contributed by atoms with Crippen molar-refractivity contribution in [3.63, 3.8) is 0 Å². The summed E-state index contributed by atoms with van der Waals surface area (Å²) in [6.45, 7) is 8.23. The number of piperidine rings is 1. The number of hydrogen-bond donors (Lipinski definition) is 0. The summed E-state index contributed by atoms with van der Waals surface area (Å²) in [6, 6.07) is 0. The Morgan fingerprint density at radius 3 is 2.65 bits per heavy atom. The Bertz CT molecular complexity index is 392. The lowest BCUT2D eigenvalue weighted by molar-refractivity contribution is 0.0692. The molecule has 1 amide bonds. The van der Waals surface area contributed by atoms with Crippen LogP contribution < -0.4 is 0 Å². The Hall–Kier alpha value is -0.900. The maximum absolute atomic E-state index is 12.2. The molecule has 3 nitrogen and oxygen atoms in total. The minimum atomic E-state index is 0.111. The first kappa shape index (κ1) is 12.6. The number of rotatable bonds is 2. The van der Waals surface area contributed by atoms with Crippen LogP contribution in [0, 0.1) is 5.92 Å². The quantitative estimate of drug-likeness (QED) is 0.810. The van der Waals surface area contributed by atoms with Gasteiger partial charge in [0.05, 0.1) is 5.01 Å². The summed E-state index contributed by atoms with van der Waals surface area (Å²) >= 11 is 1.59. The van der Waals surface area contributed by atoms with Crippen molar-refractivity contribution in [2.45, 2.75) is 39.5 Å². The Morgan fingerprint density at radius 2 is 2.12 bits per heavy atom. The van der Waals surface area contributed by atoms with Crippen LogP contribution in [0.25, 0.3) is 0 Å². The lowest BCUT2D eigenvalue weighted by Gasteiger charge is -2.29. The smallest absolute Gasteiger partial charge is 0.273 e. The van der Waals surface area contributed by atoms with E-state index < -0.39 is 0 Å². The second-order valence-corrected chi connectivity index (χ2v) is 6.09. The SMILES string of the molecule is CC1CCN(C(=O)c2csc(C(C)C)n2)CC1. The second kappa shape index (κ2) is 5.17. The Kier molecular flexibility index (Phi) is 3.82. The van der Waals surface area contributed by atoms with Gasteiger partial charge in [-0.2, -0.15) is 0 Å². The molecule has 0 aromatic carbocycles. The maximum atomic E-state index is 12.2. The van der Waals surface area contributed by atoms with Crippen molar-refractivity contribution < 1.29 is 4.79 Å². The molecule has 0 N–H and O–H groups in total. The molecule has 0 unspecified atom stereocenters. The topological polar surface area (TPSA) is 33.2 Å². The molecule has 4 heteroatoms. The van der Waals surface area contributed by atoms with Gasteiger partial charge in [-0.1, -0.05) is 20.8 Å². The standard InChI is InChI=1S/C13H20N2OS/c1-9(2)12-14-11(8-17-12)13(16)15-6-4-10(3)5-7-15/h8-10H,4-7H2,1-3H3. The number of nitrogens with zero attached hydrogens (tertiary/aromatic N) is 2. The molecular formula is C13H20N2OS.